The lowest BCUT2D eigenvalue weighted by molar-refractivity contribution is 0.0702. The standard InChI is InChI=1S/C29H32N2O2S/c1-20-7-9-22(10-8-20)26-19-31(18-21-11-14-30-15-12-21)16-13-24(26)25-17-27(34-28(25)29(32)33)23-5-3-2-4-6-23/h2-6,11-12,14-15,17,20,22H,7-10,13,16,18-19H2,1H3,(H,32,33). The largest absolute Gasteiger partial charge is 0.477 e. The minimum absolute atomic E-state index is 0.484. The molecule has 4 nitrogen and oxygen atoms in total. The van der Waals surface area contributed by atoms with Crippen molar-refractivity contribution in [2.24, 2.45) is 11.8 Å². The molecule has 0 saturated heterocycles. The first-order valence-corrected chi connectivity index (χ1v) is 13.2. The van der Waals surface area contributed by atoms with Crippen LogP contribution in [0.1, 0.15) is 59.8 Å². The number of carboxylic acid groups (broad SMARTS) is 1. The van der Waals surface area contributed by atoms with Gasteiger partial charge in [-0.3, -0.25) is 9.88 Å². The van der Waals surface area contributed by atoms with Gasteiger partial charge < -0.3 is 5.11 Å². The van der Waals surface area contributed by atoms with Crippen LogP contribution >= 0.6 is 11.3 Å². The molecule has 5 heteroatoms. The normalized spacial score (nSPS) is 21.6. The maximum Gasteiger partial charge on any atom is 0.346 e. The predicted octanol–water partition coefficient (Wildman–Crippen LogP) is 6.99. The lowest BCUT2D eigenvalue weighted by atomic mass is 9.75. The second-order valence-corrected chi connectivity index (χ2v) is 10.9. The fourth-order valence-corrected chi connectivity index (χ4v) is 6.57. The van der Waals surface area contributed by atoms with Crippen molar-refractivity contribution in [1.29, 1.82) is 0 Å². The molecule has 3 heterocycles. The first-order valence-electron chi connectivity index (χ1n) is 12.3. The van der Waals surface area contributed by atoms with E-state index in [2.05, 4.69) is 47.1 Å². The molecule has 176 valence electrons. The fraction of sp³-hybridized carbons (Fsp3) is 0.379. The Morgan fingerprint density at radius 3 is 2.53 bits per heavy atom. The zero-order valence-electron chi connectivity index (χ0n) is 19.7. The van der Waals surface area contributed by atoms with Crippen LogP contribution < -0.4 is 0 Å². The molecule has 1 aliphatic carbocycles. The molecule has 0 unspecified atom stereocenters. The van der Waals surface area contributed by atoms with Gasteiger partial charge in [0.25, 0.3) is 0 Å². The second-order valence-electron chi connectivity index (χ2n) is 9.80. The molecule has 1 saturated carbocycles. The highest BCUT2D eigenvalue weighted by Crippen LogP contribution is 2.43. The Balaban J connectivity index is 1.53. The van der Waals surface area contributed by atoms with Gasteiger partial charge in [-0.25, -0.2) is 4.79 Å². The number of carbonyl (C=O) groups is 1. The molecule has 0 radical (unpaired) electrons. The summed E-state index contributed by atoms with van der Waals surface area (Å²) in [4.78, 5) is 20.5. The molecule has 1 N–H and O–H groups in total. The van der Waals surface area contributed by atoms with Crippen LogP contribution in [-0.2, 0) is 6.54 Å². The Morgan fingerprint density at radius 1 is 1.09 bits per heavy atom. The monoisotopic (exact) mass is 472 g/mol. The summed E-state index contributed by atoms with van der Waals surface area (Å²) in [5.74, 6) is 0.524. The van der Waals surface area contributed by atoms with Gasteiger partial charge in [0.1, 0.15) is 4.88 Å². The van der Waals surface area contributed by atoms with E-state index in [1.165, 1.54) is 53.7 Å². The van der Waals surface area contributed by atoms with Crippen LogP contribution in [-0.4, -0.2) is 34.0 Å². The summed E-state index contributed by atoms with van der Waals surface area (Å²) in [5, 5.41) is 10.1. The van der Waals surface area contributed by atoms with Crippen molar-refractivity contribution in [2.45, 2.75) is 45.6 Å². The minimum atomic E-state index is -0.814. The van der Waals surface area contributed by atoms with Gasteiger partial charge in [-0.1, -0.05) is 50.1 Å². The molecule has 0 bridgehead atoms. The van der Waals surface area contributed by atoms with Crippen LogP contribution in [0.3, 0.4) is 0 Å². The lowest BCUT2D eigenvalue weighted by Gasteiger charge is -2.37. The summed E-state index contributed by atoms with van der Waals surface area (Å²) < 4.78 is 0. The number of benzene rings is 1. The van der Waals surface area contributed by atoms with Crippen LogP contribution in [0.15, 0.2) is 66.5 Å². The molecule has 2 aromatic heterocycles. The summed E-state index contributed by atoms with van der Waals surface area (Å²) in [6.45, 7) is 5.13. The van der Waals surface area contributed by atoms with Crippen LogP contribution in [0.5, 0.6) is 0 Å². The number of nitrogens with zero attached hydrogens (tertiary/aromatic N) is 2. The SMILES string of the molecule is CC1CCC(C2=C(c3cc(-c4ccccc4)sc3C(=O)O)CCN(Cc3ccncc3)C2)CC1. The van der Waals surface area contributed by atoms with E-state index in [0.29, 0.717) is 10.8 Å². The molecular weight excluding hydrogens is 440 g/mol. The third kappa shape index (κ3) is 5.01. The predicted molar refractivity (Wildman–Crippen MR) is 139 cm³/mol. The van der Waals surface area contributed by atoms with Gasteiger partial charge in [0.15, 0.2) is 0 Å². The van der Waals surface area contributed by atoms with E-state index >= 15 is 0 Å². The number of hydrogen-bond donors (Lipinski definition) is 1. The van der Waals surface area contributed by atoms with Crippen molar-refractivity contribution >= 4 is 22.9 Å². The molecule has 1 aliphatic heterocycles. The molecule has 0 spiro atoms. The fourth-order valence-electron chi connectivity index (χ4n) is 5.54. The van der Waals surface area contributed by atoms with Crippen molar-refractivity contribution in [3.05, 3.63) is 82.5 Å². The Morgan fingerprint density at radius 2 is 1.82 bits per heavy atom. The smallest absolute Gasteiger partial charge is 0.346 e. The van der Waals surface area contributed by atoms with Crippen LogP contribution in [0, 0.1) is 11.8 Å². The molecule has 5 rings (SSSR count). The van der Waals surface area contributed by atoms with Gasteiger partial charge in [-0.05, 0) is 71.6 Å². The van der Waals surface area contributed by atoms with Crippen molar-refractivity contribution in [2.75, 3.05) is 13.1 Å². The topological polar surface area (TPSA) is 53.4 Å². The highest BCUT2D eigenvalue weighted by Gasteiger charge is 2.31. The quantitative estimate of drug-likeness (QED) is 0.420. The minimum Gasteiger partial charge on any atom is -0.477 e. The Bertz CT molecular complexity index is 1160. The van der Waals surface area contributed by atoms with Crippen LogP contribution in [0.2, 0.25) is 0 Å². The third-order valence-electron chi connectivity index (χ3n) is 7.43. The lowest BCUT2D eigenvalue weighted by Crippen LogP contribution is -2.34. The average molecular weight is 473 g/mol. The van der Waals surface area contributed by atoms with Gasteiger partial charge in [-0.15, -0.1) is 11.3 Å². The van der Waals surface area contributed by atoms with E-state index in [9.17, 15) is 9.90 Å². The van der Waals surface area contributed by atoms with E-state index < -0.39 is 5.97 Å². The van der Waals surface area contributed by atoms with E-state index in [-0.39, 0.29) is 0 Å². The number of aromatic nitrogens is 1. The first-order chi connectivity index (χ1) is 16.6. The molecule has 1 aromatic carbocycles. The van der Waals surface area contributed by atoms with Crippen molar-refractivity contribution in [3.8, 4) is 10.4 Å². The van der Waals surface area contributed by atoms with Crippen molar-refractivity contribution < 1.29 is 9.90 Å². The Kier molecular flexibility index (Phi) is 6.93. The maximum absolute atomic E-state index is 12.3. The zero-order chi connectivity index (χ0) is 23.5. The zero-order valence-corrected chi connectivity index (χ0v) is 20.6. The first kappa shape index (κ1) is 23.0. The number of carboxylic acids is 1. The molecule has 3 aromatic rings. The van der Waals surface area contributed by atoms with Gasteiger partial charge in [0.2, 0.25) is 0 Å². The Hall–Kier alpha value is -2.76. The number of aromatic carboxylic acids is 1. The Labute approximate surface area is 206 Å². The number of rotatable bonds is 6. The number of hydrogen-bond acceptors (Lipinski definition) is 4. The number of pyridine rings is 1. The molecule has 1 fully saturated rings. The highest BCUT2D eigenvalue weighted by molar-refractivity contribution is 7.17. The van der Waals surface area contributed by atoms with Gasteiger partial charge >= 0.3 is 5.97 Å². The molecular formula is C29H32N2O2S. The molecule has 0 atom stereocenters. The summed E-state index contributed by atoms with van der Waals surface area (Å²) in [5.41, 5.74) is 6.09. The van der Waals surface area contributed by atoms with Crippen molar-refractivity contribution in [3.63, 3.8) is 0 Å². The van der Waals surface area contributed by atoms with Crippen LogP contribution in [0.25, 0.3) is 16.0 Å². The molecule has 2 aliphatic rings. The van der Waals surface area contributed by atoms with E-state index in [1.807, 2.05) is 30.6 Å². The number of thiophene rings is 1. The summed E-state index contributed by atoms with van der Waals surface area (Å²) >= 11 is 1.41. The molecule has 34 heavy (non-hydrogen) atoms. The van der Waals surface area contributed by atoms with E-state index in [0.717, 1.165) is 48.0 Å². The summed E-state index contributed by atoms with van der Waals surface area (Å²) in [7, 11) is 0. The van der Waals surface area contributed by atoms with Crippen LogP contribution in [0.4, 0.5) is 0 Å². The maximum atomic E-state index is 12.3. The van der Waals surface area contributed by atoms with Crippen molar-refractivity contribution in [1.82, 2.24) is 9.88 Å². The van der Waals surface area contributed by atoms with E-state index in [4.69, 9.17) is 0 Å². The summed E-state index contributed by atoms with van der Waals surface area (Å²) in [6.07, 6.45) is 9.56. The van der Waals surface area contributed by atoms with Gasteiger partial charge in [0.05, 0.1) is 0 Å². The highest BCUT2D eigenvalue weighted by atomic mass is 32.1. The summed E-state index contributed by atoms with van der Waals surface area (Å²) in [6, 6.07) is 16.5. The second kappa shape index (κ2) is 10.2. The van der Waals surface area contributed by atoms with E-state index in [1.54, 1.807) is 0 Å². The van der Waals surface area contributed by atoms with Gasteiger partial charge in [-0.2, -0.15) is 0 Å². The average Bonchev–Trinajstić information content (AvgIpc) is 3.32. The molecule has 0 amide bonds. The third-order valence-corrected chi connectivity index (χ3v) is 8.61. The van der Waals surface area contributed by atoms with Gasteiger partial charge in [0, 0.05) is 42.5 Å².